The average molecular weight is 266 g/mol. The van der Waals surface area contributed by atoms with Crippen molar-refractivity contribution >= 4 is 12.3 Å². The molecule has 1 fully saturated rings. The van der Waals surface area contributed by atoms with Crippen molar-refractivity contribution < 1.29 is 19.1 Å². The molecule has 0 aromatic carbocycles. The Morgan fingerprint density at radius 1 is 1.68 bits per heavy atom. The molecule has 1 unspecified atom stereocenters. The van der Waals surface area contributed by atoms with Gasteiger partial charge in [0.2, 0.25) is 0 Å². The second-order valence-corrected chi connectivity index (χ2v) is 4.42. The van der Waals surface area contributed by atoms with Gasteiger partial charge in [-0.25, -0.2) is 4.98 Å². The van der Waals surface area contributed by atoms with Gasteiger partial charge in [-0.3, -0.25) is 9.59 Å². The minimum Gasteiger partial charge on any atom is -0.466 e. The summed E-state index contributed by atoms with van der Waals surface area (Å²) < 4.78 is 12.1. The molecule has 0 aliphatic carbocycles. The highest BCUT2D eigenvalue weighted by molar-refractivity contribution is 5.70. The Labute approximate surface area is 111 Å². The van der Waals surface area contributed by atoms with Crippen molar-refractivity contribution in [3.8, 4) is 0 Å². The Kier molecular flexibility index (Phi) is 4.68. The molecule has 1 aliphatic rings. The van der Waals surface area contributed by atoms with Gasteiger partial charge >= 0.3 is 5.97 Å². The Hall–Kier alpha value is -1.69. The van der Waals surface area contributed by atoms with Gasteiger partial charge in [0.25, 0.3) is 0 Å². The molecule has 104 valence electrons. The Morgan fingerprint density at radius 2 is 2.47 bits per heavy atom. The molecular formula is C13H18N2O4. The summed E-state index contributed by atoms with van der Waals surface area (Å²) in [7, 11) is 0. The smallest absolute Gasteiger partial charge is 0.306 e. The zero-order valence-electron chi connectivity index (χ0n) is 11.0. The van der Waals surface area contributed by atoms with Crippen molar-refractivity contribution in [2.45, 2.75) is 38.8 Å². The van der Waals surface area contributed by atoms with E-state index in [0.29, 0.717) is 31.8 Å². The van der Waals surface area contributed by atoms with Gasteiger partial charge in [0, 0.05) is 18.5 Å². The predicted octanol–water partition coefficient (Wildman–Crippen LogP) is 0.980. The molecule has 19 heavy (non-hydrogen) atoms. The normalized spacial score (nSPS) is 17.8. The Bertz CT molecular complexity index is 451. The van der Waals surface area contributed by atoms with Gasteiger partial charge in [0.1, 0.15) is 0 Å². The van der Waals surface area contributed by atoms with E-state index in [4.69, 9.17) is 9.47 Å². The molecule has 1 saturated heterocycles. The van der Waals surface area contributed by atoms with E-state index >= 15 is 0 Å². The first-order valence-electron chi connectivity index (χ1n) is 6.51. The van der Waals surface area contributed by atoms with E-state index in [2.05, 4.69) is 4.98 Å². The maximum atomic E-state index is 11.3. The second-order valence-electron chi connectivity index (χ2n) is 4.42. The summed E-state index contributed by atoms with van der Waals surface area (Å²) in [6.07, 6.45) is 4.33. The lowest BCUT2D eigenvalue weighted by atomic mass is 10.2. The third kappa shape index (κ3) is 3.41. The van der Waals surface area contributed by atoms with Crippen LogP contribution in [-0.4, -0.2) is 41.1 Å². The highest BCUT2D eigenvalue weighted by Crippen LogP contribution is 2.16. The van der Waals surface area contributed by atoms with Crippen molar-refractivity contribution in [2.75, 3.05) is 13.2 Å². The summed E-state index contributed by atoms with van der Waals surface area (Å²) >= 11 is 0. The van der Waals surface area contributed by atoms with Crippen LogP contribution >= 0.6 is 0 Å². The number of hydrogen-bond donors (Lipinski definition) is 0. The number of hydrogen-bond acceptors (Lipinski definition) is 5. The number of aldehydes is 1. The Balaban J connectivity index is 2.00. The standard InChI is InChI=1S/C13H18N2O4/c1-2-18-13(17)4-3-10-7-14-12(9-16)15(10)8-11-5-6-19-11/h7,9,11H,2-6,8H2,1H3. The fourth-order valence-electron chi connectivity index (χ4n) is 2.03. The number of ether oxygens (including phenoxy) is 2. The molecule has 1 aromatic rings. The van der Waals surface area contributed by atoms with Crippen LogP contribution in [0.15, 0.2) is 6.20 Å². The summed E-state index contributed by atoms with van der Waals surface area (Å²) in [5.41, 5.74) is 0.866. The molecule has 2 heterocycles. The first-order chi connectivity index (χ1) is 9.24. The molecule has 1 aromatic heterocycles. The molecule has 0 spiro atoms. The number of aryl methyl sites for hydroxylation is 1. The molecule has 1 aliphatic heterocycles. The van der Waals surface area contributed by atoms with Crippen LogP contribution in [0.5, 0.6) is 0 Å². The van der Waals surface area contributed by atoms with Gasteiger partial charge in [0.05, 0.1) is 25.7 Å². The number of aromatic nitrogens is 2. The van der Waals surface area contributed by atoms with Crippen LogP contribution in [0.3, 0.4) is 0 Å². The van der Waals surface area contributed by atoms with Crippen LogP contribution in [0.2, 0.25) is 0 Å². The highest BCUT2D eigenvalue weighted by Gasteiger charge is 2.21. The van der Waals surface area contributed by atoms with Gasteiger partial charge in [-0.15, -0.1) is 0 Å². The van der Waals surface area contributed by atoms with Crippen molar-refractivity contribution in [3.63, 3.8) is 0 Å². The van der Waals surface area contributed by atoms with E-state index in [0.717, 1.165) is 25.0 Å². The molecule has 0 bridgehead atoms. The minimum absolute atomic E-state index is 0.147. The topological polar surface area (TPSA) is 70.4 Å². The summed E-state index contributed by atoms with van der Waals surface area (Å²) in [6.45, 7) is 3.55. The number of imidazole rings is 1. The monoisotopic (exact) mass is 266 g/mol. The lowest BCUT2D eigenvalue weighted by Crippen LogP contribution is -2.32. The molecule has 0 amide bonds. The molecule has 1 atom stereocenters. The van der Waals surface area contributed by atoms with Crippen molar-refractivity contribution in [1.29, 1.82) is 0 Å². The van der Waals surface area contributed by atoms with Gasteiger partial charge in [-0.05, 0) is 19.8 Å². The number of nitrogens with zero attached hydrogens (tertiary/aromatic N) is 2. The molecule has 6 heteroatoms. The third-order valence-electron chi connectivity index (χ3n) is 3.14. The largest absolute Gasteiger partial charge is 0.466 e. The van der Waals surface area contributed by atoms with Crippen LogP contribution in [0, 0.1) is 0 Å². The number of esters is 1. The molecule has 6 nitrogen and oxygen atoms in total. The first-order valence-corrected chi connectivity index (χ1v) is 6.51. The summed E-state index contributed by atoms with van der Waals surface area (Å²) in [4.78, 5) is 26.4. The quantitative estimate of drug-likeness (QED) is 0.543. The highest BCUT2D eigenvalue weighted by atomic mass is 16.5. The zero-order chi connectivity index (χ0) is 13.7. The SMILES string of the molecule is CCOC(=O)CCc1cnc(C=O)n1CC1CCO1. The number of carbonyl (C=O) groups is 2. The van der Waals surface area contributed by atoms with Crippen LogP contribution < -0.4 is 0 Å². The third-order valence-corrected chi connectivity index (χ3v) is 3.14. The van der Waals surface area contributed by atoms with Crippen LogP contribution in [0.4, 0.5) is 0 Å². The maximum Gasteiger partial charge on any atom is 0.306 e. The Morgan fingerprint density at radius 3 is 3.05 bits per heavy atom. The number of carbonyl (C=O) groups excluding carboxylic acids is 2. The second kappa shape index (κ2) is 6.47. The average Bonchev–Trinajstić information content (AvgIpc) is 2.73. The van der Waals surface area contributed by atoms with Crippen LogP contribution in [0.1, 0.15) is 36.1 Å². The van der Waals surface area contributed by atoms with Gasteiger partial charge in [0.15, 0.2) is 12.1 Å². The predicted molar refractivity (Wildman–Crippen MR) is 66.9 cm³/mol. The van der Waals surface area contributed by atoms with Crippen molar-refractivity contribution in [1.82, 2.24) is 9.55 Å². The van der Waals surface area contributed by atoms with E-state index < -0.39 is 0 Å². The van der Waals surface area contributed by atoms with E-state index in [1.807, 2.05) is 4.57 Å². The summed E-state index contributed by atoms with van der Waals surface area (Å²) in [6, 6.07) is 0. The number of rotatable bonds is 7. The van der Waals surface area contributed by atoms with E-state index in [-0.39, 0.29) is 12.1 Å². The molecule has 0 radical (unpaired) electrons. The zero-order valence-corrected chi connectivity index (χ0v) is 11.0. The van der Waals surface area contributed by atoms with Gasteiger partial charge < -0.3 is 14.0 Å². The van der Waals surface area contributed by atoms with Crippen molar-refractivity contribution in [3.05, 3.63) is 17.7 Å². The molecule has 0 N–H and O–H groups in total. The van der Waals surface area contributed by atoms with E-state index in [9.17, 15) is 9.59 Å². The van der Waals surface area contributed by atoms with E-state index in [1.54, 1.807) is 13.1 Å². The van der Waals surface area contributed by atoms with Gasteiger partial charge in [-0.2, -0.15) is 0 Å². The fourth-order valence-corrected chi connectivity index (χ4v) is 2.03. The molecule has 0 saturated carbocycles. The molecular weight excluding hydrogens is 248 g/mol. The lowest BCUT2D eigenvalue weighted by molar-refractivity contribution is -0.143. The van der Waals surface area contributed by atoms with Gasteiger partial charge in [-0.1, -0.05) is 0 Å². The van der Waals surface area contributed by atoms with E-state index in [1.165, 1.54) is 0 Å². The maximum absolute atomic E-state index is 11.3. The summed E-state index contributed by atoms with van der Waals surface area (Å²) in [5.74, 6) is 0.150. The minimum atomic E-state index is -0.234. The van der Waals surface area contributed by atoms with Crippen LogP contribution in [0.25, 0.3) is 0 Å². The van der Waals surface area contributed by atoms with Crippen LogP contribution in [-0.2, 0) is 27.2 Å². The fraction of sp³-hybridized carbons (Fsp3) is 0.615. The summed E-state index contributed by atoms with van der Waals surface area (Å²) in [5, 5.41) is 0. The lowest BCUT2D eigenvalue weighted by Gasteiger charge is -2.27. The van der Waals surface area contributed by atoms with Crippen molar-refractivity contribution in [2.24, 2.45) is 0 Å². The first kappa shape index (κ1) is 13.7. The molecule has 2 rings (SSSR count).